The predicted octanol–water partition coefficient (Wildman–Crippen LogP) is 2.15. The molecule has 0 unspecified atom stereocenters. The van der Waals surface area contributed by atoms with Crippen LogP contribution in [0.25, 0.3) is 5.65 Å². The summed E-state index contributed by atoms with van der Waals surface area (Å²) in [5, 5.41) is 15.9. The summed E-state index contributed by atoms with van der Waals surface area (Å²) in [4.78, 5) is 7.70. The van der Waals surface area contributed by atoms with Gasteiger partial charge in [0.1, 0.15) is 5.82 Å². The SMILES string of the molecule is CN=C(NCCc1nc(C(F)(F)F)cs1)NCCc1nnc2ccccn12. The van der Waals surface area contributed by atoms with Gasteiger partial charge in [0.05, 0.1) is 5.01 Å². The maximum atomic E-state index is 12.5. The van der Waals surface area contributed by atoms with Gasteiger partial charge in [0, 0.05) is 44.6 Å². The van der Waals surface area contributed by atoms with E-state index in [9.17, 15) is 13.2 Å². The summed E-state index contributed by atoms with van der Waals surface area (Å²) in [6.07, 6.45) is -1.46. The van der Waals surface area contributed by atoms with Crippen LogP contribution in [0.15, 0.2) is 34.8 Å². The second kappa shape index (κ2) is 8.33. The van der Waals surface area contributed by atoms with Crippen molar-refractivity contribution in [1.29, 1.82) is 0 Å². The lowest BCUT2D eigenvalue weighted by atomic mass is 10.4. The average Bonchev–Trinajstić information content (AvgIpc) is 3.27. The molecule has 2 N–H and O–H groups in total. The van der Waals surface area contributed by atoms with Gasteiger partial charge in [0.2, 0.25) is 0 Å². The van der Waals surface area contributed by atoms with Gasteiger partial charge >= 0.3 is 6.18 Å². The highest BCUT2D eigenvalue weighted by molar-refractivity contribution is 7.09. The standard InChI is InChI=1S/C16H18F3N7S/c1-20-15(22-8-6-14-23-11(10-27-14)16(17,18)19)21-7-5-13-25-24-12-4-2-3-9-26(12)13/h2-4,9-10H,5-8H2,1H3,(H2,20,21,22). The molecule has 0 amide bonds. The van der Waals surface area contributed by atoms with Gasteiger partial charge in [-0.05, 0) is 12.1 Å². The van der Waals surface area contributed by atoms with E-state index < -0.39 is 11.9 Å². The molecule has 0 spiro atoms. The van der Waals surface area contributed by atoms with E-state index in [1.807, 2.05) is 28.8 Å². The largest absolute Gasteiger partial charge is 0.434 e. The molecule has 0 aliphatic carbocycles. The van der Waals surface area contributed by atoms with Gasteiger partial charge in [0.25, 0.3) is 0 Å². The van der Waals surface area contributed by atoms with Crippen LogP contribution in [0.4, 0.5) is 13.2 Å². The Balaban J connectivity index is 1.44. The first-order valence-electron chi connectivity index (χ1n) is 8.22. The second-order valence-electron chi connectivity index (χ2n) is 5.60. The number of guanidine groups is 1. The number of pyridine rings is 1. The quantitative estimate of drug-likeness (QED) is 0.492. The van der Waals surface area contributed by atoms with Crippen molar-refractivity contribution < 1.29 is 13.2 Å². The van der Waals surface area contributed by atoms with Gasteiger partial charge in [0.15, 0.2) is 17.3 Å². The van der Waals surface area contributed by atoms with Crippen LogP contribution in [-0.2, 0) is 19.0 Å². The lowest BCUT2D eigenvalue weighted by Gasteiger charge is -2.10. The summed E-state index contributed by atoms with van der Waals surface area (Å²) in [5.74, 6) is 1.40. The number of halogens is 3. The van der Waals surface area contributed by atoms with Crippen LogP contribution in [0.5, 0.6) is 0 Å². The van der Waals surface area contributed by atoms with Crippen molar-refractivity contribution in [2.45, 2.75) is 19.0 Å². The van der Waals surface area contributed by atoms with E-state index in [1.165, 1.54) is 0 Å². The Labute approximate surface area is 157 Å². The van der Waals surface area contributed by atoms with Crippen molar-refractivity contribution in [3.8, 4) is 0 Å². The molecule has 3 heterocycles. The smallest absolute Gasteiger partial charge is 0.356 e. The number of nitrogens with zero attached hydrogens (tertiary/aromatic N) is 5. The van der Waals surface area contributed by atoms with E-state index in [0.29, 0.717) is 36.9 Å². The summed E-state index contributed by atoms with van der Waals surface area (Å²) in [5.41, 5.74) is -0.0535. The molecule has 0 saturated carbocycles. The molecule has 0 aliphatic rings. The summed E-state index contributed by atoms with van der Waals surface area (Å²) in [7, 11) is 1.63. The van der Waals surface area contributed by atoms with Crippen molar-refractivity contribution in [2.75, 3.05) is 20.1 Å². The molecule has 0 fully saturated rings. The Morgan fingerprint density at radius 3 is 2.67 bits per heavy atom. The molecule has 0 aliphatic heterocycles. The molecule has 0 aromatic carbocycles. The molecule has 27 heavy (non-hydrogen) atoms. The first-order valence-corrected chi connectivity index (χ1v) is 9.10. The van der Waals surface area contributed by atoms with E-state index >= 15 is 0 Å². The Kier molecular flexibility index (Phi) is 5.89. The molecule has 3 rings (SSSR count). The van der Waals surface area contributed by atoms with Crippen LogP contribution in [0.2, 0.25) is 0 Å². The van der Waals surface area contributed by atoms with Crippen LogP contribution in [-0.4, -0.2) is 45.7 Å². The topological polar surface area (TPSA) is 79.5 Å². The molecule has 0 radical (unpaired) electrons. The number of aliphatic imine (C=N–C) groups is 1. The molecule has 0 saturated heterocycles. The molecule has 0 bridgehead atoms. The van der Waals surface area contributed by atoms with Crippen molar-refractivity contribution in [3.63, 3.8) is 0 Å². The van der Waals surface area contributed by atoms with Gasteiger partial charge in [-0.25, -0.2) is 4.98 Å². The normalized spacial score (nSPS) is 12.5. The van der Waals surface area contributed by atoms with Crippen molar-refractivity contribution in [3.05, 3.63) is 46.3 Å². The van der Waals surface area contributed by atoms with Crippen LogP contribution < -0.4 is 10.6 Å². The molecule has 11 heteroatoms. The average molecular weight is 397 g/mol. The number of rotatable bonds is 6. The minimum atomic E-state index is -4.40. The third kappa shape index (κ3) is 4.94. The minimum Gasteiger partial charge on any atom is -0.356 e. The highest BCUT2D eigenvalue weighted by Gasteiger charge is 2.33. The molecule has 0 atom stereocenters. The first-order chi connectivity index (χ1) is 13.0. The van der Waals surface area contributed by atoms with Crippen LogP contribution in [0.3, 0.4) is 0 Å². The van der Waals surface area contributed by atoms with Gasteiger partial charge in [-0.15, -0.1) is 21.5 Å². The molecular formula is C16H18F3N7S. The lowest BCUT2D eigenvalue weighted by Crippen LogP contribution is -2.39. The molecule has 144 valence electrons. The van der Waals surface area contributed by atoms with E-state index in [-0.39, 0.29) is 0 Å². The van der Waals surface area contributed by atoms with Crippen LogP contribution >= 0.6 is 11.3 Å². The fourth-order valence-corrected chi connectivity index (χ4v) is 3.22. The van der Waals surface area contributed by atoms with Crippen LogP contribution in [0, 0.1) is 0 Å². The number of hydrogen-bond donors (Lipinski definition) is 2. The van der Waals surface area contributed by atoms with E-state index in [1.54, 1.807) is 7.05 Å². The number of alkyl halides is 3. The Morgan fingerprint density at radius 2 is 1.96 bits per heavy atom. The fourth-order valence-electron chi connectivity index (χ4n) is 2.42. The zero-order valence-electron chi connectivity index (χ0n) is 14.5. The first kappa shape index (κ1) is 19.1. The number of hydrogen-bond acceptors (Lipinski definition) is 5. The molecular weight excluding hydrogens is 379 g/mol. The minimum absolute atomic E-state index is 0.385. The molecule has 7 nitrogen and oxygen atoms in total. The Hall–Kier alpha value is -2.69. The fraction of sp³-hybridized carbons (Fsp3) is 0.375. The number of nitrogens with one attached hydrogen (secondary N) is 2. The summed E-state index contributed by atoms with van der Waals surface area (Å²) < 4.78 is 39.6. The molecule has 3 aromatic heterocycles. The Morgan fingerprint density at radius 1 is 1.19 bits per heavy atom. The van der Waals surface area contributed by atoms with E-state index in [0.717, 1.165) is 28.2 Å². The summed E-state index contributed by atoms with van der Waals surface area (Å²) in [6.45, 7) is 1.02. The number of thiazole rings is 1. The van der Waals surface area contributed by atoms with Crippen LogP contribution in [0.1, 0.15) is 16.5 Å². The molecule has 3 aromatic rings. The number of aromatic nitrogens is 4. The predicted molar refractivity (Wildman–Crippen MR) is 96.9 cm³/mol. The summed E-state index contributed by atoms with van der Waals surface area (Å²) in [6, 6.07) is 5.70. The van der Waals surface area contributed by atoms with E-state index in [4.69, 9.17) is 0 Å². The summed E-state index contributed by atoms with van der Waals surface area (Å²) >= 11 is 1.00. The zero-order valence-corrected chi connectivity index (χ0v) is 15.3. The zero-order chi connectivity index (χ0) is 19.3. The maximum absolute atomic E-state index is 12.5. The number of fused-ring (bicyclic) bond motifs is 1. The monoisotopic (exact) mass is 397 g/mol. The van der Waals surface area contributed by atoms with Crippen molar-refractivity contribution in [1.82, 2.24) is 30.2 Å². The lowest BCUT2D eigenvalue weighted by molar-refractivity contribution is -0.140. The Bertz CT molecular complexity index is 916. The van der Waals surface area contributed by atoms with Gasteiger partial charge in [-0.1, -0.05) is 6.07 Å². The highest BCUT2D eigenvalue weighted by atomic mass is 32.1. The van der Waals surface area contributed by atoms with Crippen molar-refractivity contribution in [2.24, 2.45) is 4.99 Å². The van der Waals surface area contributed by atoms with Gasteiger partial charge in [-0.3, -0.25) is 9.39 Å². The van der Waals surface area contributed by atoms with E-state index in [2.05, 4.69) is 30.8 Å². The van der Waals surface area contributed by atoms with Crippen molar-refractivity contribution >= 4 is 22.9 Å². The third-order valence-corrected chi connectivity index (χ3v) is 4.63. The van der Waals surface area contributed by atoms with Gasteiger partial charge < -0.3 is 10.6 Å². The highest BCUT2D eigenvalue weighted by Crippen LogP contribution is 2.29. The maximum Gasteiger partial charge on any atom is 0.434 e. The van der Waals surface area contributed by atoms with Gasteiger partial charge in [-0.2, -0.15) is 13.2 Å². The third-order valence-electron chi connectivity index (χ3n) is 3.72. The second-order valence-corrected chi connectivity index (χ2v) is 6.54.